The maximum atomic E-state index is 12.2. The molecule has 0 fully saturated rings. The molecule has 0 saturated heterocycles. The number of benzene rings is 1. The zero-order chi connectivity index (χ0) is 19.1. The van der Waals surface area contributed by atoms with Crippen LogP contribution in [0.25, 0.3) is 0 Å². The van der Waals surface area contributed by atoms with Gasteiger partial charge in [0.2, 0.25) is 0 Å². The van der Waals surface area contributed by atoms with E-state index in [9.17, 15) is 14.9 Å². The number of esters is 1. The summed E-state index contributed by atoms with van der Waals surface area (Å²) < 4.78 is 4.90. The molecule has 26 heavy (non-hydrogen) atoms. The molecular formula is C18H18N4O3S. The lowest BCUT2D eigenvalue weighted by molar-refractivity contribution is -0.112. The molecule has 2 N–H and O–H groups in total. The van der Waals surface area contributed by atoms with Gasteiger partial charge in [-0.25, -0.2) is 9.78 Å². The number of nitriles is 1. The normalized spacial score (nSPS) is 10.8. The fourth-order valence-corrected chi connectivity index (χ4v) is 2.70. The molecule has 1 aromatic carbocycles. The second kappa shape index (κ2) is 8.78. The lowest BCUT2D eigenvalue weighted by Gasteiger charge is -2.06. The summed E-state index contributed by atoms with van der Waals surface area (Å²) in [5.41, 5.74) is 1.66. The Balaban J connectivity index is 2.03. The third kappa shape index (κ3) is 4.91. The van der Waals surface area contributed by atoms with Crippen molar-refractivity contribution in [3.8, 4) is 6.07 Å². The summed E-state index contributed by atoms with van der Waals surface area (Å²) in [5, 5.41) is 15.3. The van der Waals surface area contributed by atoms with Crippen LogP contribution in [0, 0.1) is 25.2 Å². The molecule has 8 heteroatoms. The number of amides is 1. The van der Waals surface area contributed by atoms with Gasteiger partial charge in [-0.15, -0.1) is 11.3 Å². The van der Waals surface area contributed by atoms with E-state index in [1.54, 1.807) is 31.2 Å². The molecule has 0 atom stereocenters. The van der Waals surface area contributed by atoms with Gasteiger partial charge in [-0.2, -0.15) is 5.26 Å². The van der Waals surface area contributed by atoms with Crippen LogP contribution in [0.4, 0.5) is 10.8 Å². The maximum Gasteiger partial charge on any atom is 0.338 e. The maximum absolute atomic E-state index is 12.2. The summed E-state index contributed by atoms with van der Waals surface area (Å²) in [6, 6.07) is 8.08. The Labute approximate surface area is 155 Å². The highest BCUT2D eigenvalue weighted by atomic mass is 32.1. The number of carbonyl (C=O) groups excluding carboxylic acids is 2. The Kier molecular flexibility index (Phi) is 6.47. The second-order valence-electron chi connectivity index (χ2n) is 5.23. The molecule has 2 aromatic rings. The van der Waals surface area contributed by atoms with Crippen LogP contribution in [0.15, 0.2) is 36.0 Å². The summed E-state index contributed by atoms with van der Waals surface area (Å²) in [4.78, 5) is 29.2. The molecule has 7 nitrogen and oxygen atoms in total. The number of hydrogen-bond donors (Lipinski definition) is 2. The van der Waals surface area contributed by atoms with Crippen molar-refractivity contribution in [2.45, 2.75) is 20.8 Å². The smallest absolute Gasteiger partial charge is 0.338 e. The topological polar surface area (TPSA) is 104 Å². The summed E-state index contributed by atoms with van der Waals surface area (Å²) in [5.74, 6) is -0.991. The SMILES string of the molecule is CCOC(=O)c1ccc(NC(=O)/C(C#N)=C\Nc2nc(C)c(C)s2)cc1. The number of rotatable bonds is 6. The minimum absolute atomic E-state index is 0.0926. The van der Waals surface area contributed by atoms with E-state index in [1.807, 2.05) is 19.9 Å². The van der Waals surface area contributed by atoms with Crippen LogP contribution in [0.3, 0.4) is 0 Å². The average Bonchev–Trinajstić information content (AvgIpc) is 2.94. The number of nitrogens with one attached hydrogen (secondary N) is 2. The Morgan fingerprint density at radius 1 is 1.31 bits per heavy atom. The van der Waals surface area contributed by atoms with Crippen LogP contribution in [0.2, 0.25) is 0 Å². The monoisotopic (exact) mass is 370 g/mol. The number of hydrogen-bond acceptors (Lipinski definition) is 7. The highest BCUT2D eigenvalue weighted by molar-refractivity contribution is 7.15. The molecule has 2 rings (SSSR count). The van der Waals surface area contributed by atoms with Crippen molar-refractivity contribution < 1.29 is 14.3 Å². The van der Waals surface area contributed by atoms with Crippen LogP contribution in [-0.2, 0) is 9.53 Å². The lowest BCUT2D eigenvalue weighted by atomic mass is 10.2. The molecule has 0 aliphatic heterocycles. The van der Waals surface area contributed by atoms with Crippen molar-refractivity contribution in [1.29, 1.82) is 5.26 Å². The quantitative estimate of drug-likeness (QED) is 0.459. The van der Waals surface area contributed by atoms with E-state index >= 15 is 0 Å². The lowest BCUT2D eigenvalue weighted by Crippen LogP contribution is -2.14. The van der Waals surface area contributed by atoms with E-state index in [1.165, 1.54) is 17.5 Å². The molecule has 1 aromatic heterocycles. The molecule has 1 heterocycles. The van der Waals surface area contributed by atoms with Crippen LogP contribution in [0.5, 0.6) is 0 Å². The van der Waals surface area contributed by atoms with Gasteiger partial charge < -0.3 is 15.4 Å². The largest absolute Gasteiger partial charge is 0.462 e. The van der Waals surface area contributed by atoms with Crippen molar-refractivity contribution in [2.24, 2.45) is 0 Å². The Bertz CT molecular complexity index is 859. The molecule has 0 unspecified atom stereocenters. The Morgan fingerprint density at radius 3 is 2.54 bits per heavy atom. The van der Waals surface area contributed by atoms with Crippen molar-refractivity contribution >= 4 is 34.0 Å². The number of anilines is 2. The number of ether oxygens (including phenoxy) is 1. The van der Waals surface area contributed by atoms with Gasteiger partial charge >= 0.3 is 5.97 Å². The van der Waals surface area contributed by atoms with Gasteiger partial charge in [-0.1, -0.05) is 0 Å². The van der Waals surface area contributed by atoms with E-state index in [0.29, 0.717) is 23.0 Å². The molecule has 0 aliphatic carbocycles. The van der Waals surface area contributed by atoms with Crippen LogP contribution >= 0.6 is 11.3 Å². The first kappa shape index (κ1) is 19.1. The third-order valence-corrected chi connectivity index (χ3v) is 4.39. The van der Waals surface area contributed by atoms with Crippen molar-refractivity contribution in [3.05, 3.63) is 52.2 Å². The first-order valence-electron chi connectivity index (χ1n) is 7.84. The fourth-order valence-electron chi connectivity index (χ4n) is 1.92. The van der Waals surface area contributed by atoms with Crippen molar-refractivity contribution in [2.75, 3.05) is 17.2 Å². The van der Waals surface area contributed by atoms with Crippen molar-refractivity contribution in [1.82, 2.24) is 4.98 Å². The fraction of sp³-hybridized carbons (Fsp3) is 0.222. The minimum Gasteiger partial charge on any atom is -0.462 e. The van der Waals surface area contributed by atoms with Gasteiger partial charge in [0.1, 0.15) is 11.6 Å². The Hall–Kier alpha value is -3.18. The number of nitrogens with zero attached hydrogens (tertiary/aromatic N) is 2. The molecule has 134 valence electrons. The minimum atomic E-state index is -0.561. The zero-order valence-electron chi connectivity index (χ0n) is 14.6. The highest BCUT2D eigenvalue weighted by Crippen LogP contribution is 2.21. The van der Waals surface area contributed by atoms with Crippen LogP contribution in [-0.4, -0.2) is 23.5 Å². The average molecular weight is 370 g/mol. The third-order valence-electron chi connectivity index (χ3n) is 3.39. The van der Waals surface area contributed by atoms with Gasteiger partial charge in [0.25, 0.3) is 5.91 Å². The molecule has 0 spiro atoms. The van der Waals surface area contributed by atoms with E-state index in [0.717, 1.165) is 10.6 Å². The van der Waals surface area contributed by atoms with E-state index < -0.39 is 11.9 Å². The molecule has 0 bridgehead atoms. The standard InChI is InChI=1S/C18H18N4O3S/c1-4-25-17(24)13-5-7-15(8-6-13)22-16(23)14(9-19)10-20-18-21-11(2)12(3)26-18/h5-8,10H,4H2,1-3H3,(H,20,21)(H,22,23)/b14-10-. The van der Waals surface area contributed by atoms with Gasteiger partial charge in [-0.05, 0) is 45.0 Å². The van der Waals surface area contributed by atoms with Crippen LogP contribution in [0.1, 0.15) is 27.9 Å². The molecule has 0 saturated carbocycles. The molecule has 0 aliphatic rings. The number of aryl methyl sites for hydroxylation is 2. The first-order valence-corrected chi connectivity index (χ1v) is 8.65. The number of thiazole rings is 1. The predicted molar refractivity (Wildman–Crippen MR) is 99.9 cm³/mol. The van der Waals surface area contributed by atoms with Gasteiger partial charge in [-0.3, -0.25) is 4.79 Å². The van der Waals surface area contributed by atoms with E-state index in [2.05, 4.69) is 15.6 Å². The molecule has 0 radical (unpaired) electrons. The summed E-state index contributed by atoms with van der Waals surface area (Å²) in [6.07, 6.45) is 1.32. The van der Waals surface area contributed by atoms with E-state index in [-0.39, 0.29) is 5.57 Å². The summed E-state index contributed by atoms with van der Waals surface area (Å²) in [6.45, 7) is 5.85. The number of carbonyl (C=O) groups is 2. The summed E-state index contributed by atoms with van der Waals surface area (Å²) in [7, 11) is 0. The zero-order valence-corrected chi connectivity index (χ0v) is 15.4. The van der Waals surface area contributed by atoms with E-state index in [4.69, 9.17) is 4.74 Å². The van der Waals surface area contributed by atoms with Gasteiger partial charge in [0.15, 0.2) is 5.13 Å². The Morgan fingerprint density at radius 2 is 2.00 bits per heavy atom. The number of aromatic nitrogens is 1. The van der Waals surface area contributed by atoms with Gasteiger partial charge in [0, 0.05) is 16.8 Å². The summed E-state index contributed by atoms with van der Waals surface area (Å²) >= 11 is 1.44. The highest BCUT2D eigenvalue weighted by Gasteiger charge is 2.11. The second-order valence-corrected chi connectivity index (χ2v) is 6.43. The van der Waals surface area contributed by atoms with Gasteiger partial charge in [0.05, 0.1) is 17.9 Å². The van der Waals surface area contributed by atoms with Crippen molar-refractivity contribution in [3.63, 3.8) is 0 Å². The predicted octanol–water partition coefficient (Wildman–Crippen LogP) is 3.39. The molecular weight excluding hydrogens is 352 g/mol. The molecule has 1 amide bonds. The first-order chi connectivity index (χ1) is 12.4. The van der Waals surface area contributed by atoms with Crippen LogP contribution < -0.4 is 10.6 Å².